The topological polar surface area (TPSA) is 62.2 Å². The number of rotatable bonds is 6. The van der Waals surface area contributed by atoms with Crippen LogP contribution in [0.1, 0.15) is 31.4 Å². The molecule has 0 atom stereocenters. The van der Waals surface area contributed by atoms with Crippen molar-refractivity contribution in [3.8, 4) is 0 Å². The molecule has 17 heavy (non-hydrogen) atoms. The monoisotopic (exact) mass is 236 g/mol. The molecule has 1 aromatic heterocycles. The number of hydrogen-bond donors (Lipinski definition) is 2. The molecule has 0 amide bonds. The van der Waals surface area contributed by atoms with E-state index in [1.165, 1.54) is 5.56 Å². The number of hydrogen-bond acceptors (Lipinski definition) is 3. The van der Waals surface area contributed by atoms with Crippen LogP contribution in [0.5, 0.6) is 0 Å². The number of carbonyl (C=O) groups is 1. The number of aryl methyl sites for hydroxylation is 1. The van der Waals surface area contributed by atoms with Gasteiger partial charge in [0.15, 0.2) is 0 Å². The number of carboxylic acid groups (broad SMARTS) is 1. The minimum absolute atomic E-state index is 0.613. The number of nitrogens with one attached hydrogen (secondary N) is 1. The summed E-state index contributed by atoms with van der Waals surface area (Å²) < 4.78 is 0. The molecule has 94 valence electrons. The van der Waals surface area contributed by atoms with Gasteiger partial charge in [-0.25, -0.2) is 0 Å². The normalized spacial score (nSPS) is 11.5. The third-order valence-electron chi connectivity index (χ3n) is 2.97. The van der Waals surface area contributed by atoms with Gasteiger partial charge in [-0.1, -0.05) is 0 Å². The van der Waals surface area contributed by atoms with Crippen LogP contribution < -0.4 is 5.32 Å². The highest BCUT2D eigenvalue weighted by atomic mass is 16.4. The predicted molar refractivity (Wildman–Crippen MR) is 66.7 cm³/mol. The van der Waals surface area contributed by atoms with Crippen molar-refractivity contribution in [1.29, 1.82) is 0 Å². The summed E-state index contributed by atoms with van der Waals surface area (Å²) in [5.74, 6) is -0.753. The number of carboxylic acids is 1. The zero-order valence-electron chi connectivity index (χ0n) is 10.7. The summed E-state index contributed by atoms with van der Waals surface area (Å²) in [4.78, 5) is 15.0. The lowest BCUT2D eigenvalue weighted by Crippen LogP contribution is -2.28. The Morgan fingerprint density at radius 3 is 2.82 bits per heavy atom. The van der Waals surface area contributed by atoms with E-state index < -0.39 is 11.4 Å². The molecular formula is C13H20N2O2. The van der Waals surface area contributed by atoms with E-state index in [4.69, 9.17) is 5.11 Å². The summed E-state index contributed by atoms with van der Waals surface area (Å²) >= 11 is 0. The Hall–Kier alpha value is -1.42. The van der Waals surface area contributed by atoms with Crippen LogP contribution in [0.15, 0.2) is 18.5 Å². The molecule has 1 aromatic rings. The molecule has 0 fully saturated rings. The van der Waals surface area contributed by atoms with E-state index in [0.717, 1.165) is 12.1 Å². The summed E-state index contributed by atoms with van der Waals surface area (Å²) in [5, 5.41) is 12.2. The lowest BCUT2D eigenvalue weighted by molar-refractivity contribution is -0.147. The minimum Gasteiger partial charge on any atom is -0.481 e. The van der Waals surface area contributed by atoms with Gasteiger partial charge in [-0.3, -0.25) is 9.78 Å². The Bertz CT molecular complexity index is 389. The second kappa shape index (κ2) is 5.77. The van der Waals surface area contributed by atoms with E-state index in [1.807, 2.05) is 19.2 Å². The lowest BCUT2D eigenvalue weighted by Gasteiger charge is -2.19. The van der Waals surface area contributed by atoms with Gasteiger partial charge >= 0.3 is 5.97 Å². The zero-order chi connectivity index (χ0) is 12.9. The quantitative estimate of drug-likeness (QED) is 0.741. The van der Waals surface area contributed by atoms with Gasteiger partial charge in [0, 0.05) is 18.9 Å². The van der Waals surface area contributed by atoms with Crippen LogP contribution in [0, 0.1) is 12.3 Å². The molecule has 0 saturated heterocycles. The average Bonchev–Trinajstić information content (AvgIpc) is 2.26. The van der Waals surface area contributed by atoms with Gasteiger partial charge < -0.3 is 10.4 Å². The first-order valence-electron chi connectivity index (χ1n) is 5.77. The van der Waals surface area contributed by atoms with Crippen molar-refractivity contribution in [2.75, 3.05) is 6.54 Å². The highest BCUT2D eigenvalue weighted by Crippen LogP contribution is 2.19. The number of aromatic nitrogens is 1. The maximum Gasteiger partial charge on any atom is 0.309 e. The van der Waals surface area contributed by atoms with Gasteiger partial charge in [0.05, 0.1) is 5.41 Å². The molecule has 0 unspecified atom stereocenters. The second-order valence-corrected chi connectivity index (χ2v) is 4.92. The van der Waals surface area contributed by atoms with E-state index in [9.17, 15) is 4.79 Å². The molecule has 4 heteroatoms. The summed E-state index contributed by atoms with van der Waals surface area (Å²) in [6.45, 7) is 6.95. The first-order chi connectivity index (χ1) is 7.93. The van der Waals surface area contributed by atoms with Crippen molar-refractivity contribution in [2.45, 2.75) is 33.7 Å². The van der Waals surface area contributed by atoms with Crippen molar-refractivity contribution < 1.29 is 9.90 Å². The summed E-state index contributed by atoms with van der Waals surface area (Å²) in [6.07, 6.45) is 4.22. The first-order valence-corrected chi connectivity index (χ1v) is 5.77. The average molecular weight is 236 g/mol. The molecule has 1 heterocycles. The molecule has 0 spiro atoms. The fourth-order valence-corrected chi connectivity index (χ4v) is 1.41. The van der Waals surface area contributed by atoms with Crippen LogP contribution in [0.4, 0.5) is 0 Å². The van der Waals surface area contributed by atoms with E-state index in [0.29, 0.717) is 13.0 Å². The van der Waals surface area contributed by atoms with Gasteiger partial charge in [-0.15, -0.1) is 0 Å². The molecule has 4 nitrogen and oxygen atoms in total. The minimum atomic E-state index is -0.753. The third-order valence-corrected chi connectivity index (χ3v) is 2.97. The molecule has 0 aromatic carbocycles. The van der Waals surface area contributed by atoms with E-state index in [1.54, 1.807) is 20.0 Å². The Balaban J connectivity index is 2.35. The highest BCUT2D eigenvalue weighted by Gasteiger charge is 2.25. The Morgan fingerprint density at radius 1 is 1.53 bits per heavy atom. The molecule has 0 aliphatic rings. The van der Waals surface area contributed by atoms with Crippen LogP contribution in [0.3, 0.4) is 0 Å². The molecule has 0 bridgehead atoms. The van der Waals surface area contributed by atoms with E-state index in [-0.39, 0.29) is 0 Å². The summed E-state index contributed by atoms with van der Waals surface area (Å²) in [6, 6.07) is 1.97. The lowest BCUT2D eigenvalue weighted by atomic mass is 9.90. The fourth-order valence-electron chi connectivity index (χ4n) is 1.41. The van der Waals surface area contributed by atoms with Gasteiger partial charge in [0.2, 0.25) is 0 Å². The standard InChI is InChI=1S/C13H20N2O2/c1-10-4-6-14-8-11(10)9-15-7-5-13(2,3)12(16)17/h4,6,8,15H,5,7,9H2,1-3H3,(H,16,17). The summed E-state index contributed by atoms with van der Waals surface area (Å²) in [7, 11) is 0. The Morgan fingerprint density at radius 2 is 2.24 bits per heavy atom. The Labute approximate surface area is 102 Å². The van der Waals surface area contributed by atoms with Gasteiger partial charge in [-0.2, -0.15) is 0 Å². The van der Waals surface area contributed by atoms with Crippen LogP contribution in [0.2, 0.25) is 0 Å². The van der Waals surface area contributed by atoms with Crippen molar-refractivity contribution in [2.24, 2.45) is 5.41 Å². The third kappa shape index (κ3) is 4.15. The van der Waals surface area contributed by atoms with Gasteiger partial charge in [0.25, 0.3) is 0 Å². The molecule has 1 rings (SSSR count). The number of nitrogens with zero attached hydrogens (tertiary/aromatic N) is 1. The smallest absolute Gasteiger partial charge is 0.309 e. The molecule has 0 aliphatic carbocycles. The number of pyridine rings is 1. The van der Waals surface area contributed by atoms with Crippen molar-refractivity contribution in [1.82, 2.24) is 10.3 Å². The van der Waals surface area contributed by atoms with Gasteiger partial charge in [0.1, 0.15) is 0 Å². The molecule has 0 aliphatic heterocycles. The molecule has 0 saturated carbocycles. The van der Waals surface area contributed by atoms with Crippen molar-refractivity contribution in [3.05, 3.63) is 29.6 Å². The number of aliphatic carboxylic acids is 1. The van der Waals surface area contributed by atoms with Crippen LogP contribution in [-0.2, 0) is 11.3 Å². The molecule has 0 radical (unpaired) electrons. The SMILES string of the molecule is Cc1ccncc1CNCCC(C)(C)C(=O)O. The van der Waals surface area contributed by atoms with E-state index in [2.05, 4.69) is 10.3 Å². The first kappa shape index (κ1) is 13.6. The Kier molecular flexibility index (Phi) is 4.63. The highest BCUT2D eigenvalue weighted by molar-refractivity contribution is 5.73. The van der Waals surface area contributed by atoms with Crippen molar-refractivity contribution in [3.63, 3.8) is 0 Å². The summed E-state index contributed by atoms with van der Waals surface area (Å²) in [5.41, 5.74) is 1.68. The van der Waals surface area contributed by atoms with Crippen LogP contribution in [0.25, 0.3) is 0 Å². The predicted octanol–water partition coefficient (Wildman–Crippen LogP) is 1.98. The van der Waals surface area contributed by atoms with Crippen LogP contribution >= 0.6 is 0 Å². The fraction of sp³-hybridized carbons (Fsp3) is 0.538. The van der Waals surface area contributed by atoms with Crippen LogP contribution in [-0.4, -0.2) is 22.6 Å². The van der Waals surface area contributed by atoms with Crippen molar-refractivity contribution >= 4 is 5.97 Å². The largest absolute Gasteiger partial charge is 0.481 e. The molecule has 2 N–H and O–H groups in total. The maximum atomic E-state index is 10.9. The maximum absolute atomic E-state index is 10.9. The second-order valence-electron chi connectivity index (χ2n) is 4.92. The zero-order valence-corrected chi connectivity index (χ0v) is 10.7. The molecular weight excluding hydrogens is 216 g/mol. The van der Waals surface area contributed by atoms with E-state index >= 15 is 0 Å². The van der Waals surface area contributed by atoms with Gasteiger partial charge in [-0.05, 0) is 50.9 Å².